The molecule has 0 aliphatic heterocycles. The van der Waals surface area contributed by atoms with E-state index in [1.807, 2.05) is 44.2 Å². The summed E-state index contributed by atoms with van der Waals surface area (Å²) in [5.74, 6) is 0. The van der Waals surface area contributed by atoms with Crippen LogP contribution in [-0.2, 0) is 0 Å². The van der Waals surface area contributed by atoms with Crippen LogP contribution >= 0.6 is 11.8 Å². The number of hydrogen-bond acceptors (Lipinski definition) is 1. The standard InChI is InChI=1S/C14H18S/c1-5-9-12-14(11-7-3)15-13(8-4)10-6-2/h5-12H,2,4H2,1,3H3/b9-5-,11-7-,13-10+,14-12+. The summed E-state index contributed by atoms with van der Waals surface area (Å²) in [6.45, 7) is 11.5. The molecule has 0 unspecified atom stereocenters. The highest BCUT2D eigenvalue weighted by molar-refractivity contribution is 8.07. The van der Waals surface area contributed by atoms with Crippen molar-refractivity contribution in [2.24, 2.45) is 0 Å². The molecule has 0 spiro atoms. The molecule has 0 aromatic carbocycles. The summed E-state index contributed by atoms with van der Waals surface area (Å²) in [5.41, 5.74) is 0. The maximum Gasteiger partial charge on any atom is 0.0118 e. The first-order valence-corrected chi connectivity index (χ1v) is 5.68. The van der Waals surface area contributed by atoms with Gasteiger partial charge in [0.15, 0.2) is 0 Å². The Balaban J connectivity index is 4.73. The predicted molar refractivity (Wildman–Crippen MR) is 73.8 cm³/mol. The molecular formula is C14H18S. The van der Waals surface area contributed by atoms with Gasteiger partial charge in [0.2, 0.25) is 0 Å². The number of rotatable bonds is 6. The van der Waals surface area contributed by atoms with E-state index in [1.54, 1.807) is 17.8 Å². The summed E-state index contributed by atoms with van der Waals surface area (Å²) < 4.78 is 0. The maximum atomic E-state index is 3.77. The fourth-order valence-corrected chi connectivity index (χ4v) is 1.75. The second-order valence-electron chi connectivity index (χ2n) is 2.71. The average Bonchev–Trinajstić information content (AvgIpc) is 2.25. The van der Waals surface area contributed by atoms with Gasteiger partial charge in [-0.05, 0) is 26.0 Å². The highest BCUT2D eigenvalue weighted by Crippen LogP contribution is 2.27. The molecule has 0 nitrogen and oxygen atoms in total. The molecule has 0 atom stereocenters. The summed E-state index contributed by atoms with van der Waals surface area (Å²) in [6.07, 6.45) is 15.8. The van der Waals surface area contributed by atoms with Gasteiger partial charge in [-0.25, -0.2) is 0 Å². The van der Waals surface area contributed by atoms with Crippen LogP contribution in [0.2, 0.25) is 0 Å². The van der Waals surface area contributed by atoms with E-state index >= 15 is 0 Å². The highest BCUT2D eigenvalue weighted by Gasteiger charge is 1.95. The molecule has 0 aromatic heterocycles. The number of thioether (sulfide) groups is 1. The Morgan fingerprint density at radius 3 is 2.20 bits per heavy atom. The molecular weight excluding hydrogens is 200 g/mol. The second kappa shape index (κ2) is 9.35. The van der Waals surface area contributed by atoms with E-state index in [-0.39, 0.29) is 0 Å². The molecule has 0 radical (unpaired) electrons. The van der Waals surface area contributed by atoms with E-state index < -0.39 is 0 Å². The van der Waals surface area contributed by atoms with E-state index in [1.165, 1.54) is 4.91 Å². The Kier molecular flexibility index (Phi) is 8.59. The van der Waals surface area contributed by atoms with Crippen molar-refractivity contribution in [3.8, 4) is 0 Å². The molecule has 0 rings (SSSR count). The molecule has 15 heavy (non-hydrogen) atoms. The third kappa shape index (κ3) is 6.81. The Morgan fingerprint density at radius 1 is 1.00 bits per heavy atom. The maximum absolute atomic E-state index is 3.77. The zero-order valence-corrected chi connectivity index (χ0v) is 10.3. The molecule has 0 saturated heterocycles. The van der Waals surface area contributed by atoms with E-state index in [9.17, 15) is 0 Å². The van der Waals surface area contributed by atoms with Crippen LogP contribution in [0.15, 0.2) is 71.6 Å². The van der Waals surface area contributed by atoms with Crippen molar-refractivity contribution in [1.82, 2.24) is 0 Å². The number of hydrogen-bond donors (Lipinski definition) is 0. The molecule has 0 aromatic rings. The lowest BCUT2D eigenvalue weighted by Gasteiger charge is -2.01. The van der Waals surface area contributed by atoms with E-state index in [2.05, 4.69) is 25.3 Å². The van der Waals surface area contributed by atoms with Crippen molar-refractivity contribution in [3.63, 3.8) is 0 Å². The van der Waals surface area contributed by atoms with Crippen LogP contribution in [0.4, 0.5) is 0 Å². The van der Waals surface area contributed by atoms with Gasteiger partial charge in [0.1, 0.15) is 0 Å². The van der Waals surface area contributed by atoms with Gasteiger partial charge in [-0.1, -0.05) is 61.4 Å². The minimum atomic E-state index is 1.10. The monoisotopic (exact) mass is 218 g/mol. The molecule has 0 aliphatic carbocycles. The van der Waals surface area contributed by atoms with Crippen molar-refractivity contribution in [3.05, 3.63) is 71.6 Å². The number of allylic oxidation sites excluding steroid dienone is 8. The van der Waals surface area contributed by atoms with E-state index in [0.29, 0.717) is 0 Å². The molecule has 1 heteroatoms. The van der Waals surface area contributed by atoms with Crippen LogP contribution in [0.3, 0.4) is 0 Å². The molecule has 0 saturated carbocycles. The van der Waals surface area contributed by atoms with Crippen LogP contribution in [0.5, 0.6) is 0 Å². The van der Waals surface area contributed by atoms with Gasteiger partial charge in [0.25, 0.3) is 0 Å². The SMILES string of the molecule is C=C/C=C(\C=C)SC(/C=C\C)=C/C=C\C. The van der Waals surface area contributed by atoms with E-state index in [4.69, 9.17) is 0 Å². The van der Waals surface area contributed by atoms with E-state index in [0.717, 1.165) is 4.91 Å². The first-order chi connectivity index (χ1) is 7.28. The third-order valence-electron chi connectivity index (χ3n) is 1.50. The normalized spacial score (nSPS) is 13.7. The van der Waals surface area contributed by atoms with Crippen molar-refractivity contribution in [2.45, 2.75) is 13.8 Å². The summed E-state index contributed by atoms with van der Waals surface area (Å²) >= 11 is 1.67. The topological polar surface area (TPSA) is 0 Å². The smallest absolute Gasteiger partial charge is 0.0118 e. The van der Waals surface area contributed by atoms with Crippen LogP contribution in [0.25, 0.3) is 0 Å². The molecule has 80 valence electrons. The predicted octanol–water partition coefficient (Wildman–Crippen LogP) is 5.01. The fraction of sp³-hybridized carbons (Fsp3) is 0.143. The fourth-order valence-electron chi connectivity index (χ4n) is 0.875. The summed E-state index contributed by atoms with van der Waals surface area (Å²) in [4.78, 5) is 2.28. The molecule has 0 amide bonds. The Labute approximate surface area is 97.5 Å². The largest absolute Gasteiger partial charge is 0.0990 e. The van der Waals surface area contributed by atoms with Crippen molar-refractivity contribution in [1.29, 1.82) is 0 Å². The van der Waals surface area contributed by atoms with Gasteiger partial charge in [0, 0.05) is 9.81 Å². The molecule has 0 N–H and O–H groups in total. The summed E-state index contributed by atoms with van der Waals surface area (Å²) in [5, 5.41) is 0. The molecule has 0 bridgehead atoms. The first kappa shape index (κ1) is 13.8. The van der Waals surface area contributed by atoms with Gasteiger partial charge < -0.3 is 0 Å². The van der Waals surface area contributed by atoms with Crippen LogP contribution in [-0.4, -0.2) is 0 Å². The molecule has 0 aliphatic rings. The van der Waals surface area contributed by atoms with Crippen molar-refractivity contribution < 1.29 is 0 Å². The Morgan fingerprint density at radius 2 is 1.73 bits per heavy atom. The second-order valence-corrected chi connectivity index (χ2v) is 3.85. The van der Waals surface area contributed by atoms with Gasteiger partial charge in [-0.15, -0.1) is 0 Å². The third-order valence-corrected chi connectivity index (χ3v) is 2.55. The lowest BCUT2D eigenvalue weighted by molar-refractivity contribution is 1.69. The highest BCUT2D eigenvalue weighted by atomic mass is 32.2. The summed E-state index contributed by atoms with van der Waals surface area (Å²) in [7, 11) is 0. The molecule has 0 fully saturated rings. The van der Waals surface area contributed by atoms with Crippen LogP contribution < -0.4 is 0 Å². The van der Waals surface area contributed by atoms with Crippen LogP contribution in [0, 0.1) is 0 Å². The van der Waals surface area contributed by atoms with Crippen LogP contribution in [0.1, 0.15) is 13.8 Å². The van der Waals surface area contributed by atoms with Gasteiger partial charge in [0.05, 0.1) is 0 Å². The van der Waals surface area contributed by atoms with Crippen molar-refractivity contribution >= 4 is 11.8 Å². The lowest BCUT2D eigenvalue weighted by Crippen LogP contribution is -1.73. The van der Waals surface area contributed by atoms with Gasteiger partial charge in [-0.2, -0.15) is 0 Å². The minimum absolute atomic E-state index is 1.10. The first-order valence-electron chi connectivity index (χ1n) is 4.87. The molecule has 0 heterocycles. The zero-order chi connectivity index (χ0) is 11.5. The zero-order valence-electron chi connectivity index (χ0n) is 9.44. The van der Waals surface area contributed by atoms with Gasteiger partial charge >= 0.3 is 0 Å². The van der Waals surface area contributed by atoms with Gasteiger partial charge in [-0.3, -0.25) is 0 Å². The Bertz CT molecular complexity index is 314. The summed E-state index contributed by atoms with van der Waals surface area (Å²) in [6, 6.07) is 0. The quantitative estimate of drug-likeness (QED) is 0.565. The lowest BCUT2D eigenvalue weighted by atomic mass is 10.4. The average molecular weight is 218 g/mol. The minimum Gasteiger partial charge on any atom is -0.0990 e. The van der Waals surface area contributed by atoms with Crippen molar-refractivity contribution in [2.75, 3.05) is 0 Å². The Hall–Kier alpha value is -1.21.